The Morgan fingerprint density at radius 3 is 2.55 bits per heavy atom. The van der Waals surface area contributed by atoms with Crippen molar-refractivity contribution < 1.29 is 28.4 Å². The van der Waals surface area contributed by atoms with Gasteiger partial charge in [0.1, 0.15) is 12.4 Å². The summed E-state index contributed by atoms with van der Waals surface area (Å²) in [5.41, 5.74) is 1.33. The number of thioether (sulfide) groups is 1. The number of imide groups is 1. The molecular formula is C26H19BrClFN2O6S. The van der Waals surface area contributed by atoms with Crippen LogP contribution in [0, 0.1) is 15.9 Å². The van der Waals surface area contributed by atoms with Gasteiger partial charge in [0.05, 0.1) is 27.5 Å². The molecule has 1 saturated heterocycles. The van der Waals surface area contributed by atoms with Gasteiger partial charge in [-0.2, -0.15) is 0 Å². The fraction of sp³-hybridized carbons (Fsp3) is 0.154. The van der Waals surface area contributed by atoms with Crippen molar-refractivity contribution in [3.8, 4) is 11.5 Å². The lowest BCUT2D eigenvalue weighted by molar-refractivity contribution is -0.384. The Morgan fingerprint density at radius 2 is 1.89 bits per heavy atom. The molecule has 1 aliphatic heterocycles. The van der Waals surface area contributed by atoms with Crippen LogP contribution < -0.4 is 9.47 Å². The van der Waals surface area contributed by atoms with Crippen LogP contribution in [-0.2, 0) is 17.9 Å². The van der Waals surface area contributed by atoms with E-state index in [1.54, 1.807) is 37.3 Å². The van der Waals surface area contributed by atoms with E-state index in [0.717, 1.165) is 22.2 Å². The zero-order chi connectivity index (χ0) is 27.4. The minimum Gasteiger partial charge on any atom is -0.490 e. The predicted molar refractivity (Wildman–Crippen MR) is 146 cm³/mol. The van der Waals surface area contributed by atoms with Crippen LogP contribution in [-0.4, -0.2) is 27.6 Å². The average Bonchev–Trinajstić information content (AvgIpc) is 3.13. The molecule has 38 heavy (non-hydrogen) atoms. The summed E-state index contributed by atoms with van der Waals surface area (Å²) in [6, 6.07) is 13.5. The second-order valence-corrected chi connectivity index (χ2v) is 10.2. The molecule has 1 heterocycles. The van der Waals surface area contributed by atoms with Crippen molar-refractivity contribution >= 4 is 62.2 Å². The summed E-state index contributed by atoms with van der Waals surface area (Å²) in [7, 11) is 0. The maximum absolute atomic E-state index is 14.2. The van der Waals surface area contributed by atoms with E-state index in [1.165, 1.54) is 30.3 Å². The summed E-state index contributed by atoms with van der Waals surface area (Å²) in [5, 5.41) is 10.4. The molecule has 4 rings (SSSR count). The highest BCUT2D eigenvalue weighted by molar-refractivity contribution is 9.10. The van der Waals surface area contributed by atoms with Gasteiger partial charge in [-0.15, -0.1) is 0 Å². The van der Waals surface area contributed by atoms with E-state index in [9.17, 15) is 24.1 Å². The molecule has 0 saturated carbocycles. The van der Waals surface area contributed by atoms with Gasteiger partial charge >= 0.3 is 0 Å². The lowest BCUT2D eigenvalue weighted by Crippen LogP contribution is -2.28. The maximum Gasteiger partial charge on any atom is 0.293 e. The van der Waals surface area contributed by atoms with Gasteiger partial charge in [0, 0.05) is 22.7 Å². The number of nitrogens with zero attached hydrogens (tertiary/aromatic N) is 2. The summed E-state index contributed by atoms with van der Waals surface area (Å²) >= 11 is 10.3. The van der Waals surface area contributed by atoms with Crippen LogP contribution in [0.4, 0.5) is 14.9 Å². The van der Waals surface area contributed by atoms with Crippen molar-refractivity contribution in [2.45, 2.75) is 20.1 Å². The maximum atomic E-state index is 14.2. The topological polar surface area (TPSA) is 99.0 Å². The van der Waals surface area contributed by atoms with E-state index in [4.69, 9.17) is 21.1 Å². The van der Waals surface area contributed by atoms with Gasteiger partial charge in [-0.25, -0.2) is 4.39 Å². The Bertz CT molecular complexity index is 1430. The molecule has 0 spiro atoms. The van der Waals surface area contributed by atoms with E-state index >= 15 is 0 Å². The van der Waals surface area contributed by atoms with E-state index < -0.39 is 21.9 Å². The molecule has 0 radical (unpaired) electrons. The number of carbonyl (C=O) groups excluding carboxylic acids is 2. The molecular weight excluding hydrogens is 603 g/mol. The van der Waals surface area contributed by atoms with Crippen LogP contribution in [0.3, 0.4) is 0 Å². The molecule has 196 valence electrons. The number of carbonyl (C=O) groups is 2. The van der Waals surface area contributed by atoms with Crippen molar-refractivity contribution in [3.05, 3.63) is 102 Å². The number of hydrogen-bond acceptors (Lipinski definition) is 7. The Morgan fingerprint density at radius 1 is 1.16 bits per heavy atom. The van der Waals surface area contributed by atoms with Crippen LogP contribution in [0.25, 0.3) is 6.08 Å². The number of rotatable bonds is 9. The third-order valence-corrected chi connectivity index (χ3v) is 7.26. The highest BCUT2D eigenvalue weighted by Gasteiger charge is 2.36. The first-order chi connectivity index (χ1) is 18.2. The van der Waals surface area contributed by atoms with Gasteiger partial charge in [-0.3, -0.25) is 24.6 Å². The second-order valence-electron chi connectivity index (χ2n) is 7.94. The Hall–Kier alpha value is -3.41. The fourth-order valence-electron chi connectivity index (χ4n) is 3.57. The minimum atomic E-state index is -0.602. The lowest BCUT2D eigenvalue weighted by atomic mass is 10.1. The van der Waals surface area contributed by atoms with E-state index in [2.05, 4.69) is 15.9 Å². The SMILES string of the molecule is CCOc1cc(/C=C2/SC(=O)N(Cc3c(F)cccc3Cl)C2=O)cc(Br)c1OCc1ccc([N+](=O)[O-])cc1. The molecule has 3 aromatic carbocycles. The van der Waals surface area contributed by atoms with Crippen molar-refractivity contribution in [3.63, 3.8) is 0 Å². The third kappa shape index (κ3) is 6.17. The number of non-ortho nitro benzene ring substituents is 1. The molecule has 12 heteroatoms. The van der Waals surface area contributed by atoms with Crippen LogP contribution >= 0.6 is 39.3 Å². The fourth-order valence-corrected chi connectivity index (χ4v) is 5.21. The van der Waals surface area contributed by atoms with E-state index in [1.807, 2.05) is 0 Å². The van der Waals surface area contributed by atoms with Gasteiger partial charge in [-0.1, -0.05) is 17.7 Å². The van der Waals surface area contributed by atoms with Gasteiger partial charge in [0.25, 0.3) is 16.8 Å². The van der Waals surface area contributed by atoms with Crippen molar-refractivity contribution in [2.75, 3.05) is 6.61 Å². The summed E-state index contributed by atoms with van der Waals surface area (Å²) < 4.78 is 26.4. The molecule has 3 aromatic rings. The largest absolute Gasteiger partial charge is 0.490 e. The zero-order valence-electron chi connectivity index (χ0n) is 19.8. The van der Waals surface area contributed by atoms with Gasteiger partial charge < -0.3 is 9.47 Å². The summed E-state index contributed by atoms with van der Waals surface area (Å²) in [4.78, 5) is 37.0. The highest BCUT2D eigenvalue weighted by atomic mass is 79.9. The third-order valence-electron chi connectivity index (χ3n) is 5.41. The predicted octanol–water partition coefficient (Wildman–Crippen LogP) is 7.36. The number of amides is 2. The molecule has 0 aromatic heterocycles. The molecule has 0 bridgehead atoms. The standard InChI is InChI=1S/C26H19BrClFN2O6S/c1-2-36-22-11-16(10-19(27)24(22)37-14-15-6-8-17(9-7-15)31(34)35)12-23-25(32)30(26(33)38-23)13-18-20(28)4-3-5-21(18)29/h3-12H,2,13-14H2,1H3/b23-12+. The smallest absolute Gasteiger partial charge is 0.293 e. The average molecular weight is 622 g/mol. The Kier molecular flexibility index (Phi) is 8.70. The number of nitro benzene ring substituents is 1. The number of halogens is 3. The van der Waals surface area contributed by atoms with Crippen LogP contribution in [0.15, 0.2) is 64.0 Å². The molecule has 1 aliphatic rings. The van der Waals surface area contributed by atoms with E-state index in [0.29, 0.717) is 28.1 Å². The quantitative estimate of drug-likeness (QED) is 0.140. The Labute approximate surface area is 234 Å². The van der Waals surface area contributed by atoms with Crippen LogP contribution in [0.2, 0.25) is 5.02 Å². The normalized spacial score (nSPS) is 14.3. The van der Waals surface area contributed by atoms with Crippen molar-refractivity contribution in [2.24, 2.45) is 0 Å². The molecule has 8 nitrogen and oxygen atoms in total. The molecule has 0 unspecified atom stereocenters. The molecule has 0 aliphatic carbocycles. The first-order valence-electron chi connectivity index (χ1n) is 11.2. The summed E-state index contributed by atoms with van der Waals surface area (Å²) in [6.45, 7) is 1.99. The molecule has 0 atom stereocenters. The Balaban J connectivity index is 1.55. The minimum absolute atomic E-state index is 0.0179. The van der Waals surface area contributed by atoms with Gasteiger partial charge in [0.2, 0.25) is 0 Å². The highest BCUT2D eigenvalue weighted by Crippen LogP contribution is 2.40. The second kappa shape index (κ2) is 12.0. The first kappa shape index (κ1) is 27.6. The number of benzene rings is 3. The monoisotopic (exact) mass is 620 g/mol. The van der Waals surface area contributed by atoms with E-state index in [-0.39, 0.29) is 34.3 Å². The summed E-state index contributed by atoms with van der Waals surface area (Å²) in [6.07, 6.45) is 1.54. The molecule has 2 amide bonds. The lowest BCUT2D eigenvalue weighted by Gasteiger charge is -2.15. The molecule has 0 N–H and O–H groups in total. The zero-order valence-corrected chi connectivity index (χ0v) is 22.9. The van der Waals surface area contributed by atoms with Crippen molar-refractivity contribution in [1.29, 1.82) is 0 Å². The van der Waals surface area contributed by atoms with Crippen LogP contribution in [0.1, 0.15) is 23.6 Å². The first-order valence-corrected chi connectivity index (χ1v) is 13.2. The number of ether oxygens (including phenoxy) is 2. The van der Waals surface area contributed by atoms with Crippen molar-refractivity contribution in [1.82, 2.24) is 4.90 Å². The number of nitro groups is 1. The van der Waals surface area contributed by atoms with Gasteiger partial charge in [-0.05, 0) is 88.2 Å². The van der Waals surface area contributed by atoms with Crippen LogP contribution in [0.5, 0.6) is 11.5 Å². The number of hydrogen-bond donors (Lipinski definition) is 0. The summed E-state index contributed by atoms with van der Waals surface area (Å²) in [5.74, 6) is -0.362. The van der Waals surface area contributed by atoms with Gasteiger partial charge in [0.15, 0.2) is 11.5 Å². The molecule has 1 fully saturated rings.